The Morgan fingerprint density at radius 2 is 1.83 bits per heavy atom. The van der Waals surface area contributed by atoms with Crippen LogP contribution < -0.4 is 15.5 Å². The third-order valence-electron chi connectivity index (χ3n) is 7.85. The van der Waals surface area contributed by atoms with Gasteiger partial charge in [-0.1, -0.05) is 31.0 Å². The Labute approximate surface area is 198 Å². The van der Waals surface area contributed by atoms with Crippen molar-refractivity contribution in [2.45, 2.75) is 70.1 Å². The van der Waals surface area contributed by atoms with Gasteiger partial charge >= 0.3 is 0 Å². The van der Waals surface area contributed by atoms with Crippen molar-refractivity contribution in [3.05, 3.63) is 30.3 Å². The van der Waals surface area contributed by atoms with Gasteiger partial charge in [-0.15, -0.1) is 24.0 Å². The molecule has 5 nitrogen and oxygen atoms in total. The number of nitrogens with zero attached hydrogens (tertiary/aromatic N) is 2. The summed E-state index contributed by atoms with van der Waals surface area (Å²) in [4.78, 5) is 7.33. The van der Waals surface area contributed by atoms with Gasteiger partial charge in [-0.3, -0.25) is 4.99 Å². The van der Waals surface area contributed by atoms with E-state index in [1.54, 1.807) is 0 Å². The van der Waals surface area contributed by atoms with Crippen molar-refractivity contribution < 1.29 is 4.74 Å². The molecule has 2 aliphatic carbocycles. The lowest BCUT2D eigenvalue weighted by atomic mass is 9.54. The number of hydrogen-bond acceptors (Lipinski definition) is 3. The average Bonchev–Trinajstić information content (AvgIpc) is 3.42. The minimum atomic E-state index is 0. The van der Waals surface area contributed by atoms with E-state index in [1.165, 1.54) is 37.8 Å². The number of fused-ring (bicyclic) bond motifs is 2. The number of piperidine rings is 1. The van der Waals surface area contributed by atoms with Gasteiger partial charge in [0.2, 0.25) is 0 Å². The van der Waals surface area contributed by atoms with E-state index in [4.69, 9.17) is 9.73 Å². The van der Waals surface area contributed by atoms with E-state index >= 15 is 0 Å². The lowest BCUT2D eigenvalue weighted by Crippen LogP contribution is -2.69. The molecule has 2 saturated carbocycles. The Balaban J connectivity index is 0.00000218. The molecular formula is C24H37IN4O. The van der Waals surface area contributed by atoms with Gasteiger partial charge in [-0.25, -0.2) is 0 Å². The van der Waals surface area contributed by atoms with Gasteiger partial charge in [0, 0.05) is 55.3 Å². The van der Waals surface area contributed by atoms with Crippen LogP contribution in [0.15, 0.2) is 35.3 Å². The molecule has 0 bridgehead atoms. The molecule has 2 saturated heterocycles. The molecular weight excluding hydrogens is 487 g/mol. The Hall–Kier alpha value is -1.02. The number of ether oxygens (including phenoxy) is 1. The van der Waals surface area contributed by atoms with Gasteiger partial charge in [0.15, 0.2) is 5.96 Å². The minimum absolute atomic E-state index is 0. The Morgan fingerprint density at radius 1 is 1.10 bits per heavy atom. The minimum Gasteiger partial charge on any atom is -0.377 e. The first-order valence-electron chi connectivity index (χ1n) is 11.8. The second kappa shape index (κ2) is 9.63. The van der Waals surface area contributed by atoms with Gasteiger partial charge in [-0.2, -0.15) is 0 Å². The highest BCUT2D eigenvalue weighted by Crippen LogP contribution is 2.60. The number of guanidine groups is 1. The van der Waals surface area contributed by atoms with E-state index in [-0.39, 0.29) is 24.0 Å². The number of hydrogen-bond donors (Lipinski definition) is 2. The van der Waals surface area contributed by atoms with Crippen molar-refractivity contribution >= 4 is 35.6 Å². The van der Waals surface area contributed by atoms with Crippen molar-refractivity contribution in [1.29, 1.82) is 0 Å². The molecule has 4 fully saturated rings. The summed E-state index contributed by atoms with van der Waals surface area (Å²) < 4.78 is 6.16. The van der Waals surface area contributed by atoms with E-state index in [0.29, 0.717) is 29.5 Å². The number of aliphatic imine (C=N–C) groups is 1. The van der Waals surface area contributed by atoms with Crippen LogP contribution in [0.4, 0.5) is 5.69 Å². The maximum atomic E-state index is 6.16. The number of anilines is 1. The van der Waals surface area contributed by atoms with Crippen LogP contribution >= 0.6 is 24.0 Å². The summed E-state index contributed by atoms with van der Waals surface area (Å²) in [6.07, 6.45) is 9.38. The molecule has 0 amide bonds. The second-order valence-corrected chi connectivity index (χ2v) is 9.37. The Morgan fingerprint density at radius 3 is 2.53 bits per heavy atom. The SMILES string of the molecule is CCN=C(NC1CCN(c2ccccc2)CC1)NC1C2CCOC2C12CCCC2.I. The van der Waals surface area contributed by atoms with E-state index in [0.717, 1.165) is 45.0 Å². The first kappa shape index (κ1) is 22.2. The highest BCUT2D eigenvalue weighted by atomic mass is 127. The molecule has 3 atom stereocenters. The van der Waals surface area contributed by atoms with E-state index in [1.807, 2.05) is 0 Å². The quantitative estimate of drug-likeness (QED) is 0.353. The number of nitrogens with one attached hydrogen (secondary N) is 2. The first-order valence-corrected chi connectivity index (χ1v) is 11.8. The lowest BCUT2D eigenvalue weighted by molar-refractivity contribution is -0.125. The van der Waals surface area contributed by atoms with Crippen molar-refractivity contribution in [2.75, 3.05) is 31.1 Å². The fourth-order valence-corrected chi connectivity index (χ4v) is 6.46. The number of para-hydroxylation sites is 1. The summed E-state index contributed by atoms with van der Waals surface area (Å²) in [5, 5.41) is 7.68. The standard InChI is InChI=1S/C24H36N4O.HI/c1-2-25-23(26-18-10-15-28(16-11-18)19-8-4-3-5-9-19)27-21-20-12-17-29-22(20)24(21)13-6-7-14-24;/h3-5,8-9,18,20-22H,2,6-7,10-17H2,1H3,(H2,25,26,27);1H. The molecule has 6 heteroatoms. The first-order chi connectivity index (χ1) is 14.3. The van der Waals surface area contributed by atoms with E-state index < -0.39 is 0 Å². The van der Waals surface area contributed by atoms with Crippen molar-refractivity contribution in [2.24, 2.45) is 16.3 Å². The van der Waals surface area contributed by atoms with Crippen LogP contribution in [0.3, 0.4) is 0 Å². The normalized spacial score (nSPS) is 30.5. The van der Waals surface area contributed by atoms with Crippen LogP contribution in [0.1, 0.15) is 51.9 Å². The second-order valence-electron chi connectivity index (χ2n) is 9.37. The zero-order valence-corrected chi connectivity index (χ0v) is 20.5. The molecule has 1 aromatic rings. The topological polar surface area (TPSA) is 48.9 Å². The molecule has 0 radical (unpaired) electrons. The average molecular weight is 524 g/mol. The number of rotatable bonds is 4. The van der Waals surface area contributed by atoms with Crippen molar-refractivity contribution in [1.82, 2.24) is 10.6 Å². The summed E-state index contributed by atoms with van der Waals surface area (Å²) in [5.74, 6) is 1.71. The van der Waals surface area contributed by atoms with Gasteiger partial charge in [0.25, 0.3) is 0 Å². The molecule has 2 heterocycles. The zero-order valence-electron chi connectivity index (χ0n) is 18.2. The van der Waals surface area contributed by atoms with Crippen LogP contribution in [0.2, 0.25) is 0 Å². The molecule has 1 spiro atoms. The van der Waals surface area contributed by atoms with Gasteiger partial charge < -0.3 is 20.3 Å². The molecule has 5 rings (SSSR count). The molecule has 3 unspecified atom stereocenters. The highest BCUT2D eigenvalue weighted by molar-refractivity contribution is 14.0. The Bertz CT molecular complexity index is 713. The number of halogens is 1. The smallest absolute Gasteiger partial charge is 0.191 e. The van der Waals surface area contributed by atoms with Crippen molar-refractivity contribution in [3.8, 4) is 0 Å². The molecule has 4 aliphatic rings. The van der Waals surface area contributed by atoms with Gasteiger partial charge in [0.1, 0.15) is 0 Å². The summed E-state index contributed by atoms with van der Waals surface area (Å²) in [6.45, 7) is 6.11. The van der Waals surface area contributed by atoms with Gasteiger partial charge in [-0.05, 0) is 51.2 Å². The van der Waals surface area contributed by atoms with Crippen LogP contribution in [0, 0.1) is 11.3 Å². The molecule has 2 aliphatic heterocycles. The van der Waals surface area contributed by atoms with E-state index in [2.05, 4.69) is 52.8 Å². The van der Waals surface area contributed by atoms with Crippen LogP contribution in [-0.2, 0) is 4.74 Å². The largest absolute Gasteiger partial charge is 0.377 e. The predicted molar refractivity (Wildman–Crippen MR) is 134 cm³/mol. The fourth-order valence-electron chi connectivity index (χ4n) is 6.46. The summed E-state index contributed by atoms with van der Waals surface area (Å²) >= 11 is 0. The predicted octanol–water partition coefficient (Wildman–Crippen LogP) is 4.18. The van der Waals surface area contributed by atoms with E-state index in [9.17, 15) is 0 Å². The fraction of sp³-hybridized carbons (Fsp3) is 0.708. The monoisotopic (exact) mass is 524 g/mol. The zero-order chi connectivity index (χ0) is 19.7. The van der Waals surface area contributed by atoms with Crippen LogP contribution in [-0.4, -0.2) is 50.4 Å². The molecule has 1 aromatic carbocycles. The third kappa shape index (κ3) is 4.06. The van der Waals surface area contributed by atoms with Crippen LogP contribution in [0.5, 0.6) is 0 Å². The number of benzene rings is 1. The summed E-state index contributed by atoms with van der Waals surface area (Å²) in [6, 6.07) is 11.8. The maximum absolute atomic E-state index is 6.16. The maximum Gasteiger partial charge on any atom is 0.191 e. The third-order valence-corrected chi connectivity index (χ3v) is 7.85. The van der Waals surface area contributed by atoms with Crippen LogP contribution in [0.25, 0.3) is 0 Å². The molecule has 2 N–H and O–H groups in total. The Kier molecular flexibility index (Phi) is 7.12. The summed E-state index contributed by atoms with van der Waals surface area (Å²) in [5.41, 5.74) is 1.71. The lowest BCUT2D eigenvalue weighted by Gasteiger charge is -2.57. The molecule has 166 valence electrons. The van der Waals surface area contributed by atoms with Crippen molar-refractivity contribution in [3.63, 3.8) is 0 Å². The van der Waals surface area contributed by atoms with Gasteiger partial charge in [0.05, 0.1) is 6.10 Å². The molecule has 0 aromatic heterocycles. The highest BCUT2D eigenvalue weighted by Gasteiger charge is 2.65. The molecule has 30 heavy (non-hydrogen) atoms. The summed E-state index contributed by atoms with van der Waals surface area (Å²) in [7, 11) is 0.